The molecule has 1 heterocycles. The summed E-state index contributed by atoms with van der Waals surface area (Å²) in [6, 6.07) is 7.70. The number of hydrogen-bond donors (Lipinski definition) is 1. The molecule has 1 aromatic heterocycles. The molecule has 0 saturated carbocycles. The summed E-state index contributed by atoms with van der Waals surface area (Å²) in [5.74, 6) is -0.793. The van der Waals surface area contributed by atoms with Crippen LogP contribution >= 0.6 is 0 Å². The molecule has 17 heavy (non-hydrogen) atoms. The molecule has 3 nitrogen and oxygen atoms in total. The van der Waals surface area contributed by atoms with Gasteiger partial charge in [-0.3, -0.25) is 4.79 Å². The van der Waals surface area contributed by atoms with Gasteiger partial charge in [0.15, 0.2) is 0 Å². The first-order valence-corrected chi connectivity index (χ1v) is 5.85. The molecule has 2 rings (SSSR count). The Morgan fingerprint density at radius 1 is 1.47 bits per heavy atom. The Morgan fingerprint density at radius 3 is 2.82 bits per heavy atom. The van der Waals surface area contributed by atoms with Crippen LogP contribution in [0.4, 0.5) is 0 Å². The van der Waals surface area contributed by atoms with Gasteiger partial charge in [-0.05, 0) is 25.0 Å². The Morgan fingerprint density at radius 2 is 2.24 bits per heavy atom. The van der Waals surface area contributed by atoms with Crippen molar-refractivity contribution in [3.63, 3.8) is 0 Å². The van der Waals surface area contributed by atoms with Crippen LogP contribution in [0.1, 0.15) is 37.0 Å². The van der Waals surface area contributed by atoms with Crippen LogP contribution < -0.4 is 0 Å². The van der Waals surface area contributed by atoms with Crippen molar-refractivity contribution < 1.29 is 14.3 Å². The van der Waals surface area contributed by atoms with E-state index in [1.54, 1.807) is 0 Å². The number of para-hydroxylation sites is 1. The third kappa shape index (κ3) is 2.18. The van der Waals surface area contributed by atoms with E-state index in [0.717, 1.165) is 23.0 Å². The normalized spacial score (nSPS) is 12.8. The standard InChI is InChI=1S/C14H16O3/c1-3-5-11(14(15)16)12-8-10-7-4-6-9(2)13(10)17-12/h4,6-8,11H,3,5H2,1-2H3,(H,15,16). The molecule has 1 atom stereocenters. The zero-order valence-electron chi connectivity index (χ0n) is 10.1. The first-order chi connectivity index (χ1) is 8.13. The molecule has 0 aliphatic heterocycles. The summed E-state index contributed by atoms with van der Waals surface area (Å²) in [6.45, 7) is 3.94. The largest absolute Gasteiger partial charge is 0.481 e. The van der Waals surface area contributed by atoms with Crippen LogP contribution in [0.3, 0.4) is 0 Å². The summed E-state index contributed by atoms with van der Waals surface area (Å²) in [6.07, 6.45) is 1.43. The Balaban J connectivity index is 2.47. The second kappa shape index (κ2) is 4.62. The molecule has 1 N–H and O–H groups in total. The molecule has 0 radical (unpaired) electrons. The number of carboxylic acids is 1. The Kier molecular flexibility index (Phi) is 3.18. The van der Waals surface area contributed by atoms with Crippen molar-refractivity contribution in [1.29, 1.82) is 0 Å². The van der Waals surface area contributed by atoms with Gasteiger partial charge in [0.25, 0.3) is 0 Å². The fraction of sp³-hybridized carbons (Fsp3) is 0.357. The number of carboxylic acid groups (broad SMARTS) is 1. The zero-order chi connectivity index (χ0) is 12.4. The minimum absolute atomic E-state index is 0.535. The van der Waals surface area contributed by atoms with E-state index in [1.807, 2.05) is 38.1 Å². The fourth-order valence-corrected chi connectivity index (χ4v) is 2.08. The molecule has 0 amide bonds. The molecule has 3 heteroatoms. The van der Waals surface area contributed by atoms with E-state index in [1.165, 1.54) is 0 Å². The highest BCUT2D eigenvalue weighted by Crippen LogP contribution is 2.29. The fourth-order valence-electron chi connectivity index (χ4n) is 2.08. The highest BCUT2D eigenvalue weighted by atomic mass is 16.4. The number of carbonyl (C=O) groups is 1. The third-order valence-corrected chi connectivity index (χ3v) is 2.98. The summed E-state index contributed by atoms with van der Waals surface area (Å²) in [7, 11) is 0. The topological polar surface area (TPSA) is 50.4 Å². The zero-order valence-corrected chi connectivity index (χ0v) is 10.1. The summed E-state index contributed by atoms with van der Waals surface area (Å²) < 4.78 is 5.69. The SMILES string of the molecule is CCCC(C(=O)O)c1cc2cccc(C)c2o1. The molecular formula is C14H16O3. The third-order valence-electron chi connectivity index (χ3n) is 2.98. The second-order valence-corrected chi connectivity index (χ2v) is 4.32. The monoisotopic (exact) mass is 232 g/mol. The molecule has 0 spiro atoms. The van der Waals surface area contributed by atoms with Crippen molar-refractivity contribution in [2.24, 2.45) is 0 Å². The number of aliphatic carboxylic acids is 1. The van der Waals surface area contributed by atoms with E-state index < -0.39 is 11.9 Å². The van der Waals surface area contributed by atoms with E-state index in [9.17, 15) is 9.90 Å². The van der Waals surface area contributed by atoms with Crippen molar-refractivity contribution in [3.05, 3.63) is 35.6 Å². The van der Waals surface area contributed by atoms with Crippen LogP contribution in [0.2, 0.25) is 0 Å². The van der Waals surface area contributed by atoms with Crippen molar-refractivity contribution in [2.45, 2.75) is 32.6 Å². The number of hydrogen-bond acceptors (Lipinski definition) is 2. The van der Waals surface area contributed by atoms with E-state index in [2.05, 4.69) is 0 Å². The maximum Gasteiger partial charge on any atom is 0.314 e. The minimum Gasteiger partial charge on any atom is -0.481 e. The van der Waals surface area contributed by atoms with Gasteiger partial charge in [0, 0.05) is 5.39 Å². The molecular weight excluding hydrogens is 216 g/mol. The molecule has 0 fully saturated rings. The van der Waals surface area contributed by atoms with Gasteiger partial charge >= 0.3 is 5.97 Å². The van der Waals surface area contributed by atoms with Gasteiger partial charge in [-0.2, -0.15) is 0 Å². The summed E-state index contributed by atoms with van der Waals surface area (Å²) in [5.41, 5.74) is 1.83. The Hall–Kier alpha value is -1.77. The Bertz CT molecular complexity index is 539. The molecule has 0 aliphatic rings. The van der Waals surface area contributed by atoms with Crippen LogP contribution in [0.25, 0.3) is 11.0 Å². The number of furan rings is 1. The van der Waals surface area contributed by atoms with Crippen molar-refractivity contribution in [2.75, 3.05) is 0 Å². The molecule has 1 unspecified atom stereocenters. The maximum atomic E-state index is 11.2. The van der Waals surface area contributed by atoms with Crippen molar-refractivity contribution in [1.82, 2.24) is 0 Å². The van der Waals surface area contributed by atoms with Crippen LogP contribution in [0.5, 0.6) is 0 Å². The average molecular weight is 232 g/mol. The van der Waals surface area contributed by atoms with Crippen LogP contribution in [0, 0.1) is 6.92 Å². The van der Waals surface area contributed by atoms with E-state index in [0.29, 0.717) is 12.2 Å². The van der Waals surface area contributed by atoms with E-state index in [-0.39, 0.29) is 0 Å². The van der Waals surface area contributed by atoms with E-state index in [4.69, 9.17) is 4.42 Å². The highest BCUT2D eigenvalue weighted by Gasteiger charge is 2.23. The molecule has 0 aliphatic carbocycles. The van der Waals surface area contributed by atoms with Gasteiger partial charge in [0.2, 0.25) is 0 Å². The van der Waals surface area contributed by atoms with Gasteiger partial charge in [0.05, 0.1) is 0 Å². The Labute approximate surface area is 100 Å². The molecule has 0 saturated heterocycles. The average Bonchev–Trinajstić information content (AvgIpc) is 2.70. The summed E-state index contributed by atoms with van der Waals surface area (Å²) in [4.78, 5) is 11.2. The van der Waals surface area contributed by atoms with Crippen LogP contribution in [-0.2, 0) is 4.79 Å². The van der Waals surface area contributed by atoms with Crippen molar-refractivity contribution in [3.8, 4) is 0 Å². The number of benzene rings is 1. The van der Waals surface area contributed by atoms with Crippen LogP contribution in [-0.4, -0.2) is 11.1 Å². The quantitative estimate of drug-likeness (QED) is 0.874. The minimum atomic E-state index is -0.816. The summed E-state index contributed by atoms with van der Waals surface area (Å²) >= 11 is 0. The smallest absolute Gasteiger partial charge is 0.314 e. The molecule has 2 aromatic rings. The number of aryl methyl sites for hydroxylation is 1. The lowest BCUT2D eigenvalue weighted by Crippen LogP contribution is -2.10. The lowest BCUT2D eigenvalue weighted by molar-refractivity contribution is -0.139. The predicted molar refractivity (Wildman–Crippen MR) is 66.2 cm³/mol. The van der Waals surface area contributed by atoms with Gasteiger partial charge in [-0.25, -0.2) is 0 Å². The van der Waals surface area contributed by atoms with Gasteiger partial charge in [-0.15, -0.1) is 0 Å². The van der Waals surface area contributed by atoms with Gasteiger partial charge in [-0.1, -0.05) is 31.5 Å². The lowest BCUT2D eigenvalue weighted by atomic mass is 10.0. The lowest BCUT2D eigenvalue weighted by Gasteiger charge is -2.06. The molecule has 1 aromatic carbocycles. The highest BCUT2D eigenvalue weighted by molar-refractivity contribution is 5.83. The van der Waals surface area contributed by atoms with E-state index >= 15 is 0 Å². The first kappa shape index (κ1) is 11.7. The van der Waals surface area contributed by atoms with Gasteiger partial charge < -0.3 is 9.52 Å². The van der Waals surface area contributed by atoms with Gasteiger partial charge in [0.1, 0.15) is 17.3 Å². The van der Waals surface area contributed by atoms with Crippen molar-refractivity contribution >= 4 is 16.9 Å². The summed E-state index contributed by atoms with van der Waals surface area (Å²) in [5, 5.41) is 10.2. The maximum absolute atomic E-state index is 11.2. The predicted octanol–water partition coefficient (Wildman–Crippen LogP) is 3.71. The number of rotatable bonds is 4. The molecule has 0 bridgehead atoms. The molecule has 90 valence electrons. The first-order valence-electron chi connectivity index (χ1n) is 5.85. The second-order valence-electron chi connectivity index (χ2n) is 4.32. The number of fused-ring (bicyclic) bond motifs is 1. The van der Waals surface area contributed by atoms with Crippen LogP contribution in [0.15, 0.2) is 28.7 Å².